The summed E-state index contributed by atoms with van der Waals surface area (Å²) in [6.45, 7) is 7.28. The highest BCUT2D eigenvalue weighted by molar-refractivity contribution is 7.12. The van der Waals surface area contributed by atoms with Crippen molar-refractivity contribution in [2.45, 2.75) is 33.4 Å². The summed E-state index contributed by atoms with van der Waals surface area (Å²) < 4.78 is 8.22. The molecule has 4 rings (SSSR count). The molecular weight excluding hydrogens is 394 g/mol. The van der Waals surface area contributed by atoms with Gasteiger partial charge in [-0.25, -0.2) is 4.98 Å². The number of aromatic nitrogens is 2. The molecule has 4 aromatic rings. The highest BCUT2D eigenvalue weighted by Crippen LogP contribution is 2.23. The van der Waals surface area contributed by atoms with Crippen molar-refractivity contribution in [3.05, 3.63) is 81.8 Å². The Morgan fingerprint density at radius 2 is 1.97 bits per heavy atom. The number of nitrogens with one attached hydrogen (secondary N) is 1. The minimum atomic E-state index is -0.229. The summed E-state index contributed by atoms with van der Waals surface area (Å²) in [6.07, 6.45) is 0. The fourth-order valence-corrected chi connectivity index (χ4v) is 4.15. The molecule has 0 aliphatic carbocycles. The van der Waals surface area contributed by atoms with Gasteiger partial charge in [0.1, 0.15) is 18.2 Å². The molecule has 1 N–H and O–H groups in total. The topological polar surface area (TPSA) is 56.1 Å². The Hall–Kier alpha value is -3.12. The van der Waals surface area contributed by atoms with Crippen molar-refractivity contribution in [2.75, 3.05) is 6.61 Å². The van der Waals surface area contributed by atoms with E-state index >= 15 is 0 Å². The molecule has 1 amide bonds. The molecule has 5 nitrogen and oxygen atoms in total. The highest BCUT2D eigenvalue weighted by atomic mass is 32.1. The van der Waals surface area contributed by atoms with Crippen molar-refractivity contribution in [1.82, 2.24) is 14.9 Å². The number of benzene rings is 2. The number of fused-ring (bicyclic) bond motifs is 1. The van der Waals surface area contributed by atoms with E-state index in [4.69, 9.17) is 9.72 Å². The lowest BCUT2D eigenvalue weighted by atomic mass is 10.1. The lowest BCUT2D eigenvalue weighted by Crippen LogP contribution is -2.28. The molecule has 30 heavy (non-hydrogen) atoms. The number of carbonyl (C=O) groups is 1. The van der Waals surface area contributed by atoms with E-state index in [0.717, 1.165) is 28.2 Å². The monoisotopic (exact) mass is 419 g/mol. The lowest BCUT2D eigenvalue weighted by Gasteiger charge is -2.17. The van der Waals surface area contributed by atoms with Crippen molar-refractivity contribution in [3.8, 4) is 5.75 Å². The quantitative estimate of drug-likeness (QED) is 0.443. The fourth-order valence-electron chi connectivity index (χ4n) is 3.53. The zero-order valence-corrected chi connectivity index (χ0v) is 18.2. The highest BCUT2D eigenvalue weighted by Gasteiger charge is 2.19. The van der Waals surface area contributed by atoms with Crippen LogP contribution in [0.5, 0.6) is 5.75 Å². The van der Waals surface area contributed by atoms with Crippen LogP contribution < -0.4 is 10.1 Å². The van der Waals surface area contributed by atoms with Crippen LogP contribution in [0.3, 0.4) is 0 Å². The zero-order chi connectivity index (χ0) is 21.1. The Bertz CT molecular complexity index is 1160. The molecule has 2 heterocycles. The number of aryl methyl sites for hydroxylation is 1. The second kappa shape index (κ2) is 8.71. The maximum atomic E-state index is 12.5. The first-order valence-corrected chi connectivity index (χ1v) is 10.9. The molecule has 6 heteroatoms. The summed E-state index contributed by atoms with van der Waals surface area (Å²) in [5.74, 6) is 1.65. The molecule has 154 valence electrons. The van der Waals surface area contributed by atoms with E-state index < -0.39 is 0 Å². The van der Waals surface area contributed by atoms with Crippen LogP contribution in [0.25, 0.3) is 11.0 Å². The molecular formula is C24H25N3O2S. The van der Waals surface area contributed by atoms with Gasteiger partial charge in [-0.15, -0.1) is 11.3 Å². The Morgan fingerprint density at radius 1 is 1.13 bits per heavy atom. The number of hydrogen-bond acceptors (Lipinski definition) is 4. The Kier molecular flexibility index (Phi) is 5.86. The van der Waals surface area contributed by atoms with Crippen LogP contribution in [0.15, 0.2) is 60.0 Å². The number of hydrogen-bond donors (Lipinski definition) is 1. The minimum Gasteiger partial charge on any atom is -0.491 e. The summed E-state index contributed by atoms with van der Waals surface area (Å²) in [5.41, 5.74) is 4.32. The van der Waals surface area contributed by atoms with Crippen LogP contribution in [-0.2, 0) is 6.54 Å². The SMILES string of the molecule is Cc1cccc(OCCn2c(C(C)NC(=O)c3cccs3)nc3ccccc32)c1C. The van der Waals surface area contributed by atoms with Gasteiger partial charge in [0, 0.05) is 0 Å². The van der Waals surface area contributed by atoms with Gasteiger partial charge in [0.15, 0.2) is 0 Å². The van der Waals surface area contributed by atoms with E-state index in [1.54, 1.807) is 0 Å². The zero-order valence-electron chi connectivity index (χ0n) is 17.4. The van der Waals surface area contributed by atoms with Crippen LogP contribution in [0.1, 0.15) is 39.6 Å². The van der Waals surface area contributed by atoms with Gasteiger partial charge in [-0.05, 0) is 61.5 Å². The third kappa shape index (κ3) is 4.09. The largest absolute Gasteiger partial charge is 0.491 e. The molecule has 2 aromatic heterocycles. The first-order valence-electron chi connectivity index (χ1n) is 10.0. The number of rotatable bonds is 7. The minimum absolute atomic E-state index is 0.0808. The van der Waals surface area contributed by atoms with Gasteiger partial charge in [-0.1, -0.05) is 30.3 Å². The molecule has 1 unspecified atom stereocenters. The van der Waals surface area contributed by atoms with Crippen molar-refractivity contribution in [3.63, 3.8) is 0 Å². The molecule has 0 bridgehead atoms. The first kappa shape index (κ1) is 20.2. The van der Waals surface area contributed by atoms with Crippen molar-refractivity contribution in [2.24, 2.45) is 0 Å². The van der Waals surface area contributed by atoms with Gasteiger partial charge in [-0.3, -0.25) is 4.79 Å². The fraction of sp³-hybridized carbons (Fsp3) is 0.250. The van der Waals surface area contributed by atoms with E-state index in [-0.39, 0.29) is 11.9 Å². The number of imidazole rings is 1. The molecule has 0 spiro atoms. The maximum Gasteiger partial charge on any atom is 0.261 e. The molecule has 0 radical (unpaired) electrons. The predicted octanol–water partition coefficient (Wildman–Crippen LogP) is 5.28. The van der Waals surface area contributed by atoms with Crippen molar-refractivity contribution >= 4 is 28.3 Å². The number of carbonyl (C=O) groups excluding carboxylic acids is 1. The van der Waals surface area contributed by atoms with E-state index in [9.17, 15) is 4.79 Å². The van der Waals surface area contributed by atoms with E-state index in [0.29, 0.717) is 18.0 Å². The molecule has 0 saturated carbocycles. The summed E-state index contributed by atoms with van der Waals surface area (Å²) in [7, 11) is 0. The van der Waals surface area contributed by atoms with Crippen LogP contribution >= 0.6 is 11.3 Å². The Labute approximate surface area is 180 Å². The second-order valence-electron chi connectivity index (χ2n) is 7.33. The summed E-state index contributed by atoms with van der Waals surface area (Å²) in [4.78, 5) is 18.0. The second-order valence-corrected chi connectivity index (χ2v) is 8.28. The molecule has 0 fully saturated rings. The van der Waals surface area contributed by atoms with Gasteiger partial charge < -0.3 is 14.6 Å². The molecule has 0 aliphatic rings. The number of thiophene rings is 1. The average Bonchev–Trinajstić information content (AvgIpc) is 3.40. The third-order valence-electron chi connectivity index (χ3n) is 5.29. The predicted molar refractivity (Wildman–Crippen MR) is 121 cm³/mol. The number of para-hydroxylation sites is 2. The third-order valence-corrected chi connectivity index (χ3v) is 6.16. The summed E-state index contributed by atoms with van der Waals surface area (Å²) in [6, 6.07) is 17.6. The Morgan fingerprint density at radius 3 is 2.77 bits per heavy atom. The molecule has 2 aromatic carbocycles. The van der Waals surface area contributed by atoms with Gasteiger partial charge in [0.05, 0.1) is 28.5 Å². The molecule has 0 saturated heterocycles. The number of nitrogens with zero attached hydrogens (tertiary/aromatic N) is 2. The Balaban J connectivity index is 1.55. The van der Waals surface area contributed by atoms with Gasteiger partial charge in [-0.2, -0.15) is 0 Å². The van der Waals surface area contributed by atoms with Gasteiger partial charge >= 0.3 is 0 Å². The lowest BCUT2D eigenvalue weighted by molar-refractivity contribution is 0.0941. The van der Waals surface area contributed by atoms with Crippen LogP contribution in [0.2, 0.25) is 0 Å². The average molecular weight is 420 g/mol. The molecule has 1 atom stereocenters. The van der Waals surface area contributed by atoms with Crippen LogP contribution in [-0.4, -0.2) is 22.1 Å². The van der Waals surface area contributed by atoms with E-state index in [2.05, 4.69) is 35.9 Å². The van der Waals surface area contributed by atoms with E-state index in [1.807, 2.05) is 54.8 Å². The maximum absolute atomic E-state index is 12.5. The first-order chi connectivity index (χ1) is 14.5. The standard InChI is InChI=1S/C24H25N3O2S/c1-16-8-6-11-21(17(16)2)29-14-13-27-20-10-5-4-9-19(20)26-23(27)18(3)25-24(28)22-12-7-15-30-22/h4-12,15,18H,13-14H2,1-3H3,(H,25,28). The van der Waals surface area contributed by atoms with E-state index in [1.165, 1.54) is 16.9 Å². The van der Waals surface area contributed by atoms with Crippen LogP contribution in [0.4, 0.5) is 0 Å². The van der Waals surface area contributed by atoms with Crippen molar-refractivity contribution in [1.29, 1.82) is 0 Å². The molecule has 0 aliphatic heterocycles. The van der Waals surface area contributed by atoms with Gasteiger partial charge in [0.25, 0.3) is 5.91 Å². The summed E-state index contributed by atoms with van der Waals surface area (Å²) in [5, 5.41) is 4.97. The van der Waals surface area contributed by atoms with Crippen LogP contribution in [0, 0.1) is 13.8 Å². The van der Waals surface area contributed by atoms with Gasteiger partial charge in [0.2, 0.25) is 0 Å². The normalized spacial score (nSPS) is 12.1. The summed E-state index contributed by atoms with van der Waals surface area (Å²) >= 11 is 1.43. The number of amides is 1. The smallest absolute Gasteiger partial charge is 0.261 e. The van der Waals surface area contributed by atoms with Crippen molar-refractivity contribution < 1.29 is 9.53 Å². The number of ether oxygens (including phenoxy) is 1.